The van der Waals surface area contributed by atoms with E-state index in [9.17, 15) is 21.6 Å². The van der Waals surface area contributed by atoms with Gasteiger partial charge in [0.1, 0.15) is 0 Å². The number of piperidine rings is 1. The fraction of sp³-hybridized carbons (Fsp3) is 0.400. The predicted molar refractivity (Wildman–Crippen MR) is 106 cm³/mol. The van der Waals surface area contributed by atoms with Crippen LogP contribution in [0.15, 0.2) is 53.4 Å². The SMILES string of the molecule is CC(c1ccccc1)N1CCC(Nc2ccc(S(N)(=O)=O)c(C(F)(F)F)c2)CC1. The second-order valence-electron chi connectivity index (χ2n) is 7.29. The van der Waals surface area contributed by atoms with Gasteiger partial charge >= 0.3 is 6.18 Å². The van der Waals surface area contributed by atoms with Crippen LogP contribution in [0, 0.1) is 0 Å². The van der Waals surface area contributed by atoms with Crippen molar-refractivity contribution in [1.29, 1.82) is 0 Å². The van der Waals surface area contributed by atoms with Gasteiger partial charge in [0.2, 0.25) is 10.0 Å². The summed E-state index contributed by atoms with van der Waals surface area (Å²) in [4.78, 5) is 1.43. The van der Waals surface area contributed by atoms with Crippen molar-refractivity contribution < 1.29 is 21.6 Å². The minimum atomic E-state index is -4.81. The van der Waals surface area contributed by atoms with E-state index in [0.717, 1.165) is 38.1 Å². The molecule has 0 amide bonds. The molecule has 1 fully saturated rings. The van der Waals surface area contributed by atoms with Crippen LogP contribution in [0.5, 0.6) is 0 Å². The summed E-state index contributed by atoms with van der Waals surface area (Å²) < 4.78 is 62.8. The molecule has 5 nitrogen and oxygen atoms in total. The van der Waals surface area contributed by atoms with Crippen LogP contribution in [0.3, 0.4) is 0 Å². The van der Waals surface area contributed by atoms with Gasteiger partial charge in [-0.15, -0.1) is 0 Å². The first-order valence-corrected chi connectivity index (χ1v) is 10.9. The van der Waals surface area contributed by atoms with E-state index in [1.807, 2.05) is 18.2 Å². The van der Waals surface area contributed by atoms with Gasteiger partial charge in [-0.05, 0) is 43.5 Å². The standard InChI is InChI=1S/C20H24F3N3O2S/c1-14(15-5-3-2-4-6-15)26-11-9-16(10-12-26)25-17-7-8-19(29(24,27)28)18(13-17)20(21,22)23/h2-8,13-14,16,25H,9-12H2,1H3,(H2,24,27,28). The van der Waals surface area contributed by atoms with Gasteiger partial charge in [0, 0.05) is 30.9 Å². The molecule has 1 saturated heterocycles. The highest BCUT2D eigenvalue weighted by atomic mass is 32.2. The number of nitrogens with zero attached hydrogens (tertiary/aromatic N) is 1. The normalized spacial score (nSPS) is 17.8. The zero-order chi connectivity index (χ0) is 21.2. The molecule has 9 heteroatoms. The topological polar surface area (TPSA) is 75.4 Å². The molecule has 3 N–H and O–H groups in total. The molecule has 0 saturated carbocycles. The number of rotatable bonds is 5. The first kappa shape index (κ1) is 21.6. The number of sulfonamides is 1. The maximum atomic E-state index is 13.3. The number of benzene rings is 2. The molecule has 1 aliphatic rings. The minimum absolute atomic E-state index is 0.00985. The number of likely N-dealkylation sites (tertiary alicyclic amines) is 1. The Hall–Kier alpha value is -2.10. The van der Waals surface area contributed by atoms with Gasteiger partial charge < -0.3 is 5.32 Å². The van der Waals surface area contributed by atoms with Crippen molar-refractivity contribution in [3.8, 4) is 0 Å². The van der Waals surface area contributed by atoms with Crippen LogP contribution in [0.25, 0.3) is 0 Å². The number of hydrogen-bond donors (Lipinski definition) is 2. The van der Waals surface area contributed by atoms with Gasteiger partial charge in [0.15, 0.2) is 0 Å². The lowest BCUT2D eigenvalue weighted by molar-refractivity contribution is -0.139. The smallest absolute Gasteiger partial charge is 0.382 e. The molecule has 3 rings (SSSR count). The molecule has 0 bridgehead atoms. The Kier molecular flexibility index (Phi) is 6.21. The average Bonchev–Trinajstić information content (AvgIpc) is 2.67. The van der Waals surface area contributed by atoms with Crippen LogP contribution < -0.4 is 10.5 Å². The maximum absolute atomic E-state index is 13.3. The number of primary sulfonamides is 1. The third kappa shape index (κ3) is 5.29. The Balaban J connectivity index is 1.68. The van der Waals surface area contributed by atoms with Gasteiger partial charge in [0.25, 0.3) is 0 Å². The third-order valence-corrected chi connectivity index (χ3v) is 6.29. The summed E-state index contributed by atoms with van der Waals surface area (Å²) in [6.07, 6.45) is -3.27. The molecule has 1 atom stereocenters. The highest BCUT2D eigenvalue weighted by Crippen LogP contribution is 2.36. The van der Waals surface area contributed by atoms with E-state index in [0.29, 0.717) is 0 Å². The molecule has 1 heterocycles. The predicted octanol–water partition coefficient (Wildman–Crippen LogP) is 3.99. The highest BCUT2D eigenvalue weighted by molar-refractivity contribution is 7.89. The van der Waals surface area contributed by atoms with Crippen LogP contribution in [0.4, 0.5) is 18.9 Å². The van der Waals surface area contributed by atoms with Crippen molar-refractivity contribution >= 4 is 15.7 Å². The number of halogens is 3. The summed E-state index contributed by atoms with van der Waals surface area (Å²) in [5.41, 5.74) is 0.215. The van der Waals surface area contributed by atoms with Crippen LogP contribution in [0.2, 0.25) is 0 Å². The first-order chi connectivity index (χ1) is 13.6. The summed E-state index contributed by atoms with van der Waals surface area (Å²) >= 11 is 0. The number of alkyl halides is 3. The van der Waals surface area contributed by atoms with E-state index in [1.54, 1.807) is 0 Å². The molecule has 0 spiro atoms. The van der Waals surface area contributed by atoms with Crippen LogP contribution in [-0.4, -0.2) is 32.4 Å². The van der Waals surface area contributed by atoms with Crippen molar-refractivity contribution in [3.05, 3.63) is 59.7 Å². The molecular formula is C20H24F3N3O2S. The van der Waals surface area contributed by atoms with Crippen molar-refractivity contribution in [2.24, 2.45) is 5.14 Å². The lowest BCUT2D eigenvalue weighted by Gasteiger charge is -2.37. The Bertz CT molecular complexity index is 941. The van der Waals surface area contributed by atoms with E-state index in [1.165, 1.54) is 11.6 Å². The lowest BCUT2D eigenvalue weighted by atomic mass is 10.00. The monoisotopic (exact) mass is 427 g/mol. The van der Waals surface area contributed by atoms with Crippen molar-refractivity contribution in [2.45, 2.75) is 42.9 Å². The fourth-order valence-electron chi connectivity index (χ4n) is 3.70. The Morgan fingerprint density at radius 3 is 2.28 bits per heavy atom. The zero-order valence-electron chi connectivity index (χ0n) is 16.0. The summed E-state index contributed by atoms with van der Waals surface area (Å²) in [7, 11) is -4.46. The van der Waals surface area contributed by atoms with Gasteiger partial charge in [-0.3, -0.25) is 4.90 Å². The molecule has 158 valence electrons. The van der Waals surface area contributed by atoms with Crippen LogP contribution in [0.1, 0.15) is 36.9 Å². The van der Waals surface area contributed by atoms with Crippen LogP contribution in [-0.2, 0) is 16.2 Å². The summed E-state index contributed by atoms with van der Waals surface area (Å²) in [6.45, 7) is 3.77. The number of anilines is 1. The van der Waals surface area contributed by atoms with E-state index in [4.69, 9.17) is 5.14 Å². The quantitative estimate of drug-likeness (QED) is 0.757. The largest absolute Gasteiger partial charge is 0.417 e. The molecular weight excluding hydrogens is 403 g/mol. The highest BCUT2D eigenvalue weighted by Gasteiger charge is 2.37. The fourth-order valence-corrected chi connectivity index (χ4v) is 4.44. The van der Waals surface area contributed by atoms with E-state index >= 15 is 0 Å². The van der Waals surface area contributed by atoms with E-state index in [2.05, 4.69) is 29.3 Å². The summed E-state index contributed by atoms with van der Waals surface area (Å²) in [6, 6.07) is 13.5. The molecule has 0 radical (unpaired) electrons. The molecule has 1 aliphatic heterocycles. The number of nitrogens with two attached hydrogens (primary N) is 1. The van der Waals surface area contributed by atoms with Crippen molar-refractivity contribution in [1.82, 2.24) is 4.90 Å². The van der Waals surface area contributed by atoms with Crippen molar-refractivity contribution in [2.75, 3.05) is 18.4 Å². The average molecular weight is 427 g/mol. The van der Waals surface area contributed by atoms with E-state index < -0.39 is 26.7 Å². The molecule has 2 aromatic carbocycles. The number of hydrogen-bond acceptors (Lipinski definition) is 4. The molecule has 0 aromatic heterocycles. The zero-order valence-corrected chi connectivity index (χ0v) is 16.8. The van der Waals surface area contributed by atoms with Gasteiger partial charge in [-0.2, -0.15) is 13.2 Å². The Morgan fingerprint density at radius 1 is 1.10 bits per heavy atom. The van der Waals surface area contributed by atoms with Gasteiger partial charge in [-0.1, -0.05) is 30.3 Å². The second-order valence-corrected chi connectivity index (χ2v) is 8.82. The van der Waals surface area contributed by atoms with Crippen LogP contribution >= 0.6 is 0 Å². The molecule has 29 heavy (non-hydrogen) atoms. The minimum Gasteiger partial charge on any atom is -0.382 e. The molecule has 0 aliphatic carbocycles. The second kappa shape index (κ2) is 8.33. The Morgan fingerprint density at radius 2 is 1.72 bits per heavy atom. The van der Waals surface area contributed by atoms with Gasteiger partial charge in [0.05, 0.1) is 10.5 Å². The third-order valence-electron chi connectivity index (χ3n) is 5.32. The number of nitrogens with one attached hydrogen (secondary N) is 1. The summed E-state index contributed by atoms with van der Waals surface area (Å²) in [5, 5.41) is 8.04. The first-order valence-electron chi connectivity index (χ1n) is 9.35. The Labute approximate surface area is 168 Å². The van der Waals surface area contributed by atoms with Gasteiger partial charge in [-0.25, -0.2) is 13.6 Å². The maximum Gasteiger partial charge on any atom is 0.417 e. The lowest BCUT2D eigenvalue weighted by Crippen LogP contribution is -2.40. The molecule has 2 aromatic rings. The summed E-state index contributed by atoms with van der Waals surface area (Å²) in [5.74, 6) is 0. The van der Waals surface area contributed by atoms with Crippen molar-refractivity contribution in [3.63, 3.8) is 0 Å². The van der Waals surface area contributed by atoms with E-state index in [-0.39, 0.29) is 17.8 Å². The molecule has 1 unspecified atom stereocenters.